The van der Waals surface area contributed by atoms with Crippen molar-refractivity contribution in [2.24, 2.45) is 17.8 Å². The summed E-state index contributed by atoms with van der Waals surface area (Å²) in [6.45, 7) is 3.79. The summed E-state index contributed by atoms with van der Waals surface area (Å²) < 4.78 is 0. The Labute approximate surface area is 156 Å². The Morgan fingerprint density at radius 3 is 1.46 bits per heavy atom. The Balaban J connectivity index is 0.000000115. The van der Waals surface area contributed by atoms with Crippen LogP contribution in [0.2, 0.25) is 0 Å². The van der Waals surface area contributed by atoms with Gasteiger partial charge in [0, 0.05) is 36.0 Å². The Hall–Kier alpha value is -0.780. The van der Waals surface area contributed by atoms with E-state index in [1.54, 1.807) is 0 Å². The third-order valence-corrected chi connectivity index (χ3v) is 8.13. The first-order valence-electron chi connectivity index (χ1n) is 10.7. The molecule has 0 aromatic heterocycles. The van der Waals surface area contributed by atoms with Crippen LogP contribution in [0.5, 0.6) is 0 Å². The van der Waals surface area contributed by atoms with Crippen molar-refractivity contribution in [1.82, 2.24) is 9.80 Å². The minimum absolute atomic E-state index is 0.111. The Morgan fingerprint density at radius 1 is 0.692 bits per heavy atom. The first kappa shape index (κ1) is 17.3. The molecule has 1 N–H and O–H groups in total. The Kier molecular flexibility index (Phi) is 4.26. The van der Waals surface area contributed by atoms with Gasteiger partial charge in [-0.2, -0.15) is 0 Å². The van der Waals surface area contributed by atoms with Crippen molar-refractivity contribution in [3.63, 3.8) is 0 Å². The average molecular weight is 360 g/mol. The van der Waals surface area contributed by atoms with E-state index in [1.165, 1.54) is 25.7 Å². The number of Topliss-reactive ketones (excluding diaryl/α,β-unsaturated/α-hetero) is 2. The number of aliphatic hydroxyl groups excluding tert-OH is 1. The Bertz CT molecular complexity index is 524. The van der Waals surface area contributed by atoms with Crippen LogP contribution in [0.15, 0.2) is 0 Å². The highest BCUT2D eigenvalue weighted by Gasteiger charge is 2.48. The van der Waals surface area contributed by atoms with Gasteiger partial charge in [0.1, 0.15) is 11.6 Å². The van der Waals surface area contributed by atoms with Gasteiger partial charge in [0.25, 0.3) is 0 Å². The minimum Gasteiger partial charge on any atom is -0.393 e. The highest BCUT2D eigenvalue weighted by Crippen LogP contribution is 2.43. The minimum atomic E-state index is -0.111. The van der Waals surface area contributed by atoms with E-state index < -0.39 is 0 Å². The van der Waals surface area contributed by atoms with Gasteiger partial charge in [0.05, 0.1) is 19.2 Å². The highest BCUT2D eigenvalue weighted by atomic mass is 16.3. The van der Waals surface area contributed by atoms with Crippen molar-refractivity contribution < 1.29 is 14.7 Å². The molecule has 4 atom stereocenters. The van der Waals surface area contributed by atoms with E-state index in [-0.39, 0.29) is 6.10 Å². The topological polar surface area (TPSA) is 60.9 Å². The van der Waals surface area contributed by atoms with E-state index in [0.29, 0.717) is 42.0 Å². The standard InChI is InChI=1S/C11H17NO.C10H15NO2/c1-7-2-9-4-8-5-10(3-7)12(9)6-11(8)13;12-9-3-7-1-6-2-8(4-9)11(7)5-10(6)13/h7-10H,2-6H2,1H3;6-9,12H,1-5H2. The number of fused-ring (bicyclic) bond motifs is 2. The smallest absolute Gasteiger partial charge is 0.150 e. The molecule has 8 fully saturated rings. The predicted octanol–water partition coefficient (Wildman–Crippen LogP) is 1.62. The molecule has 8 aliphatic heterocycles. The number of nitrogens with zero attached hydrogens (tertiary/aromatic N) is 2. The lowest BCUT2D eigenvalue weighted by Crippen LogP contribution is -2.62. The van der Waals surface area contributed by atoms with Gasteiger partial charge in [-0.25, -0.2) is 0 Å². The van der Waals surface area contributed by atoms with Gasteiger partial charge in [-0.3, -0.25) is 19.4 Å². The summed E-state index contributed by atoms with van der Waals surface area (Å²) >= 11 is 0. The van der Waals surface area contributed by atoms with Gasteiger partial charge in [0.15, 0.2) is 0 Å². The van der Waals surface area contributed by atoms with E-state index in [0.717, 1.165) is 50.2 Å². The lowest BCUT2D eigenvalue weighted by atomic mass is 9.70. The quantitative estimate of drug-likeness (QED) is 0.711. The van der Waals surface area contributed by atoms with Crippen LogP contribution in [0.3, 0.4) is 0 Å². The third-order valence-electron chi connectivity index (χ3n) is 8.13. The van der Waals surface area contributed by atoms with Crippen molar-refractivity contribution in [3.05, 3.63) is 0 Å². The zero-order valence-electron chi connectivity index (χ0n) is 15.8. The van der Waals surface area contributed by atoms with E-state index in [1.807, 2.05) is 0 Å². The number of piperidine rings is 8. The van der Waals surface area contributed by atoms with Gasteiger partial charge in [-0.05, 0) is 57.3 Å². The molecule has 26 heavy (non-hydrogen) atoms. The van der Waals surface area contributed by atoms with Gasteiger partial charge in [-0.15, -0.1) is 0 Å². The summed E-state index contributed by atoms with van der Waals surface area (Å²) in [4.78, 5) is 27.8. The molecule has 8 heterocycles. The monoisotopic (exact) mass is 360 g/mol. The highest BCUT2D eigenvalue weighted by molar-refractivity contribution is 5.85. The van der Waals surface area contributed by atoms with Crippen molar-refractivity contribution in [1.29, 1.82) is 0 Å². The maximum Gasteiger partial charge on any atom is 0.150 e. The lowest BCUT2D eigenvalue weighted by Gasteiger charge is -2.54. The lowest BCUT2D eigenvalue weighted by molar-refractivity contribution is -0.144. The van der Waals surface area contributed by atoms with Crippen molar-refractivity contribution >= 4 is 11.6 Å². The number of carbonyl (C=O) groups is 2. The van der Waals surface area contributed by atoms with E-state index >= 15 is 0 Å². The summed E-state index contributed by atoms with van der Waals surface area (Å²) in [6.07, 6.45) is 8.68. The molecule has 0 aromatic rings. The maximum absolute atomic E-state index is 11.5. The van der Waals surface area contributed by atoms with Crippen LogP contribution < -0.4 is 0 Å². The predicted molar refractivity (Wildman–Crippen MR) is 97.7 cm³/mol. The summed E-state index contributed by atoms with van der Waals surface area (Å²) in [5.74, 6) is 2.60. The molecule has 8 rings (SSSR count). The summed E-state index contributed by atoms with van der Waals surface area (Å²) in [7, 11) is 0. The van der Waals surface area contributed by atoms with Crippen LogP contribution in [0.25, 0.3) is 0 Å². The average Bonchev–Trinajstić information content (AvgIpc) is 2.55. The molecule has 0 spiro atoms. The zero-order chi connectivity index (χ0) is 18.0. The molecule has 8 saturated heterocycles. The number of aliphatic hydroxyl groups is 1. The molecular weight excluding hydrogens is 328 g/mol. The normalized spacial score (nSPS) is 53.9. The zero-order valence-corrected chi connectivity index (χ0v) is 15.8. The van der Waals surface area contributed by atoms with E-state index in [9.17, 15) is 14.7 Å². The van der Waals surface area contributed by atoms with E-state index in [2.05, 4.69) is 16.7 Å². The number of hydrogen-bond acceptors (Lipinski definition) is 5. The second kappa shape index (κ2) is 6.39. The SMILES string of the molecule is CC1CC2CC3CC(C1)N2CC3=O.O=C1CN2C3CC(O)CC2CC1C3. The maximum atomic E-state index is 11.5. The first-order valence-corrected chi connectivity index (χ1v) is 10.7. The molecule has 0 aromatic carbocycles. The van der Waals surface area contributed by atoms with Gasteiger partial charge in [-0.1, -0.05) is 6.92 Å². The van der Waals surface area contributed by atoms with Crippen LogP contribution in [0, 0.1) is 17.8 Å². The Morgan fingerprint density at radius 2 is 1.08 bits per heavy atom. The van der Waals surface area contributed by atoms with Crippen LogP contribution in [0.1, 0.15) is 58.3 Å². The van der Waals surface area contributed by atoms with Crippen molar-refractivity contribution in [2.45, 2.75) is 88.6 Å². The number of ketones is 2. The summed E-state index contributed by atoms with van der Waals surface area (Å²) in [5.41, 5.74) is 0. The van der Waals surface area contributed by atoms with Crippen molar-refractivity contribution in [3.8, 4) is 0 Å². The molecule has 8 bridgehead atoms. The van der Waals surface area contributed by atoms with Gasteiger partial charge < -0.3 is 5.11 Å². The van der Waals surface area contributed by atoms with E-state index in [4.69, 9.17) is 0 Å². The molecule has 0 radical (unpaired) electrons. The van der Waals surface area contributed by atoms with Gasteiger partial charge >= 0.3 is 0 Å². The fraction of sp³-hybridized carbons (Fsp3) is 0.905. The van der Waals surface area contributed by atoms with Crippen LogP contribution >= 0.6 is 0 Å². The fourth-order valence-corrected chi connectivity index (χ4v) is 6.98. The molecule has 8 aliphatic rings. The van der Waals surface area contributed by atoms with Crippen LogP contribution in [-0.4, -0.2) is 69.8 Å². The molecular formula is C21H32N2O3. The molecule has 0 saturated carbocycles. The fourth-order valence-electron chi connectivity index (χ4n) is 6.98. The first-order chi connectivity index (χ1) is 12.5. The largest absolute Gasteiger partial charge is 0.393 e. The number of hydrogen-bond donors (Lipinski definition) is 1. The molecule has 4 unspecified atom stereocenters. The third kappa shape index (κ3) is 2.87. The van der Waals surface area contributed by atoms with Crippen LogP contribution in [-0.2, 0) is 9.59 Å². The molecule has 0 amide bonds. The number of carbonyl (C=O) groups excluding carboxylic acids is 2. The summed E-state index contributed by atoms with van der Waals surface area (Å²) in [6, 6.07) is 2.52. The van der Waals surface area contributed by atoms with Crippen LogP contribution in [0.4, 0.5) is 0 Å². The molecule has 5 heteroatoms. The second-order valence-corrected chi connectivity index (χ2v) is 9.93. The molecule has 5 nitrogen and oxygen atoms in total. The van der Waals surface area contributed by atoms with Crippen molar-refractivity contribution in [2.75, 3.05) is 13.1 Å². The molecule has 144 valence electrons. The van der Waals surface area contributed by atoms with Gasteiger partial charge in [0.2, 0.25) is 0 Å². The second-order valence-electron chi connectivity index (χ2n) is 9.93. The molecule has 0 aliphatic carbocycles. The number of rotatable bonds is 0. The summed E-state index contributed by atoms with van der Waals surface area (Å²) in [5, 5.41) is 9.60.